The summed E-state index contributed by atoms with van der Waals surface area (Å²) in [5.74, 6) is -0.946. The molecule has 10 heteroatoms. The van der Waals surface area contributed by atoms with Crippen molar-refractivity contribution in [2.75, 3.05) is 7.11 Å². The predicted octanol–water partition coefficient (Wildman–Crippen LogP) is 1.72. The van der Waals surface area contributed by atoms with Gasteiger partial charge < -0.3 is 10.1 Å². The van der Waals surface area contributed by atoms with E-state index in [9.17, 15) is 24.5 Å². The molecule has 1 aliphatic heterocycles. The van der Waals surface area contributed by atoms with Gasteiger partial charge in [0.15, 0.2) is 0 Å². The van der Waals surface area contributed by atoms with Crippen LogP contribution in [0.3, 0.4) is 0 Å². The maximum Gasteiger partial charge on any atom is 0.344 e. The highest BCUT2D eigenvalue weighted by Crippen LogP contribution is 2.29. The Morgan fingerprint density at radius 2 is 1.89 bits per heavy atom. The first-order valence-corrected chi connectivity index (χ1v) is 8.13. The second-order valence-corrected chi connectivity index (χ2v) is 6.17. The molecular formula is C18H16N4O6. The normalized spacial score (nSPS) is 18.6. The van der Waals surface area contributed by atoms with Crippen LogP contribution in [0.5, 0.6) is 5.75 Å². The number of nitrogens with one attached hydrogen (secondary N) is 2. The number of benzene rings is 2. The van der Waals surface area contributed by atoms with Gasteiger partial charge in [-0.1, -0.05) is 6.07 Å². The minimum atomic E-state index is -1.48. The molecule has 4 amide bonds. The molecule has 0 unspecified atom stereocenters. The fourth-order valence-electron chi connectivity index (χ4n) is 2.78. The minimum absolute atomic E-state index is 0.146. The van der Waals surface area contributed by atoms with Crippen molar-refractivity contribution in [2.24, 2.45) is 0 Å². The van der Waals surface area contributed by atoms with Gasteiger partial charge in [-0.15, -0.1) is 0 Å². The number of amides is 4. The first-order chi connectivity index (χ1) is 13.3. The molecule has 144 valence electrons. The molecule has 0 aliphatic carbocycles. The minimum Gasteiger partial charge on any atom is -0.497 e. The summed E-state index contributed by atoms with van der Waals surface area (Å²) in [6, 6.07) is 10.6. The fraction of sp³-hybridized carbons (Fsp3) is 0.167. The summed E-state index contributed by atoms with van der Waals surface area (Å²) in [5.41, 5.74) is 1.19. The summed E-state index contributed by atoms with van der Waals surface area (Å²) < 4.78 is 5.05. The van der Waals surface area contributed by atoms with Gasteiger partial charge in [-0.25, -0.2) is 4.79 Å². The number of carbonyl (C=O) groups excluding carboxylic acids is 3. The van der Waals surface area contributed by atoms with Gasteiger partial charge in [0, 0.05) is 17.7 Å². The maximum absolute atomic E-state index is 12.8. The van der Waals surface area contributed by atoms with E-state index in [2.05, 4.69) is 10.7 Å². The van der Waals surface area contributed by atoms with Crippen molar-refractivity contribution in [1.82, 2.24) is 15.8 Å². The lowest BCUT2D eigenvalue weighted by atomic mass is 9.92. The number of nitro groups is 1. The quantitative estimate of drug-likeness (QED) is 0.458. The van der Waals surface area contributed by atoms with Crippen molar-refractivity contribution in [1.29, 1.82) is 0 Å². The average Bonchev–Trinajstić information content (AvgIpc) is 2.92. The largest absolute Gasteiger partial charge is 0.497 e. The summed E-state index contributed by atoms with van der Waals surface area (Å²) >= 11 is 0. The van der Waals surface area contributed by atoms with E-state index < -0.39 is 28.3 Å². The van der Waals surface area contributed by atoms with Crippen molar-refractivity contribution >= 4 is 23.5 Å². The Bertz CT molecular complexity index is 974. The number of methoxy groups -OCH3 is 1. The zero-order chi connectivity index (χ0) is 20.5. The van der Waals surface area contributed by atoms with Crippen molar-refractivity contribution in [3.63, 3.8) is 0 Å². The summed E-state index contributed by atoms with van der Waals surface area (Å²) in [4.78, 5) is 47.7. The van der Waals surface area contributed by atoms with E-state index in [1.165, 1.54) is 50.4 Å². The third-order valence-corrected chi connectivity index (χ3v) is 4.39. The van der Waals surface area contributed by atoms with Gasteiger partial charge in [0.2, 0.25) is 0 Å². The molecule has 10 nitrogen and oxygen atoms in total. The molecule has 2 aromatic carbocycles. The highest BCUT2D eigenvalue weighted by molar-refractivity contribution is 6.09. The summed E-state index contributed by atoms with van der Waals surface area (Å²) in [7, 11) is 1.45. The SMILES string of the molecule is COc1cccc(C(=O)NN2C(=O)N[C@](C)(c3ccc([N+](=O)[O-])cc3)C2=O)c1. The number of carbonyl (C=O) groups is 3. The van der Waals surface area contributed by atoms with Gasteiger partial charge in [0.25, 0.3) is 17.5 Å². The Balaban J connectivity index is 1.82. The second-order valence-electron chi connectivity index (χ2n) is 6.17. The number of rotatable bonds is 5. The Morgan fingerprint density at radius 1 is 1.21 bits per heavy atom. The molecule has 0 aromatic heterocycles. The van der Waals surface area contributed by atoms with Crippen molar-refractivity contribution in [2.45, 2.75) is 12.5 Å². The molecule has 1 fully saturated rings. The zero-order valence-electron chi connectivity index (χ0n) is 15.0. The molecule has 2 aromatic rings. The van der Waals surface area contributed by atoms with E-state index in [1.54, 1.807) is 12.1 Å². The predicted molar refractivity (Wildman–Crippen MR) is 96.3 cm³/mol. The number of urea groups is 1. The number of imide groups is 1. The number of nitro benzene ring substituents is 1. The number of hydrogen-bond donors (Lipinski definition) is 2. The number of non-ortho nitro benzene ring substituents is 1. The van der Waals surface area contributed by atoms with E-state index in [-0.39, 0.29) is 11.3 Å². The Hall–Kier alpha value is -3.95. The van der Waals surface area contributed by atoms with Crippen molar-refractivity contribution in [3.8, 4) is 5.75 Å². The smallest absolute Gasteiger partial charge is 0.344 e. The highest BCUT2D eigenvalue weighted by Gasteiger charge is 2.50. The third kappa shape index (κ3) is 3.22. The van der Waals surface area contributed by atoms with Crippen LogP contribution < -0.4 is 15.5 Å². The van der Waals surface area contributed by atoms with Crippen molar-refractivity contribution in [3.05, 3.63) is 69.8 Å². The first kappa shape index (κ1) is 18.8. The number of nitrogens with zero attached hydrogens (tertiary/aromatic N) is 2. The molecular weight excluding hydrogens is 368 g/mol. The average molecular weight is 384 g/mol. The summed E-state index contributed by atoms with van der Waals surface area (Å²) in [5, 5.41) is 13.9. The van der Waals surface area contributed by atoms with E-state index in [4.69, 9.17) is 4.74 Å². The molecule has 0 bridgehead atoms. The number of ether oxygens (including phenoxy) is 1. The second kappa shape index (κ2) is 6.99. The molecule has 3 rings (SSSR count). The summed E-state index contributed by atoms with van der Waals surface area (Å²) in [6.07, 6.45) is 0. The van der Waals surface area contributed by atoms with Gasteiger partial charge in [0.1, 0.15) is 11.3 Å². The zero-order valence-corrected chi connectivity index (χ0v) is 15.0. The summed E-state index contributed by atoms with van der Waals surface area (Å²) in [6.45, 7) is 1.45. The van der Waals surface area contributed by atoms with Crippen LogP contribution in [0.15, 0.2) is 48.5 Å². The van der Waals surface area contributed by atoms with Crippen LogP contribution in [0.1, 0.15) is 22.8 Å². The van der Waals surface area contributed by atoms with Crippen LogP contribution in [0.25, 0.3) is 0 Å². The monoisotopic (exact) mass is 384 g/mol. The van der Waals surface area contributed by atoms with Crippen LogP contribution >= 0.6 is 0 Å². The Morgan fingerprint density at radius 3 is 2.50 bits per heavy atom. The lowest BCUT2D eigenvalue weighted by Gasteiger charge is -2.22. The Kier molecular flexibility index (Phi) is 4.70. The standard InChI is InChI=1S/C18H16N4O6/c1-18(12-6-8-13(9-7-12)22(26)27)16(24)21(17(25)19-18)20-15(23)11-4-3-5-14(10-11)28-2/h3-10H,1-2H3,(H,19,25)(H,20,23)/t18-/m1/s1. The van der Waals surface area contributed by atoms with Crippen LogP contribution in [0.4, 0.5) is 10.5 Å². The third-order valence-electron chi connectivity index (χ3n) is 4.39. The molecule has 2 N–H and O–H groups in total. The fourth-order valence-corrected chi connectivity index (χ4v) is 2.78. The number of hydrogen-bond acceptors (Lipinski definition) is 6. The van der Waals surface area contributed by atoms with Gasteiger partial charge in [-0.3, -0.25) is 25.1 Å². The van der Waals surface area contributed by atoms with E-state index in [0.29, 0.717) is 16.3 Å². The van der Waals surface area contributed by atoms with Crippen LogP contribution in [-0.4, -0.2) is 34.9 Å². The maximum atomic E-state index is 12.8. The highest BCUT2D eigenvalue weighted by atomic mass is 16.6. The van der Waals surface area contributed by atoms with Crippen LogP contribution in [-0.2, 0) is 10.3 Å². The molecule has 1 heterocycles. The molecule has 1 saturated heterocycles. The molecule has 0 radical (unpaired) electrons. The lowest BCUT2D eigenvalue weighted by molar-refractivity contribution is -0.384. The van der Waals surface area contributed by atoms with E-state index >= 15 is 0 Å². The topological polar surface area (TPSA) is 131 Å². The van der Waals surface area contributed by atoms with Crippen LogP contribution in [0, 0.1) is 10.1 Å². The molecule has 1 atom stereocenters. The van der Waals surface area contributed by atoms with Gasteiger partial charge >= 0.3 is 6.03 Å². The molecule has 0 spiro atoms. The Labute approximate surface area is 159 Å². The molecule has 1 aliphatic rings. The van der Waals surface area contributed by atoms with Gasteiger partial charge in [-0.05, 0) is 42.8 Å². The molecule has 28 heavy (non-hydrogen) atoms. The molecule has 0 saturated carbocycles. The van der Waals surface area contributed by atoms with E-state index in [1.807, 2.05) is 0 Å². The van der Waals surface area contributed by atoms with Crippen LogP contribution in [0.2, 0.25) is 0 Å². The van der Waals surface area contributed by atoms with Crippen molar-refractivity contribution < 1.29 is 24.0 Å². The van der Waals surface area contributed by atoms with E-state index in [0.717, 1.165) is 0 Å². The lowest BCUT2D eigenvalue weighted by Crippen LogP contribution is -2.47. The van der Waals surface area contributed by atoms with Gasteiger partial charge in [0.05, 0.1) is 12.0 Å². The first-order valence-electron chi connectivity index (χ1n) is 8.13. The van der Waals surface area contributed by atoms with Gasteiger partial charge in [-0.2, -0.15) is 5.01 Å². The number of hydrazine groups is 1.